The first-order chi connectivity index (χ1) is 14.5. The number of para-hydroxylation sites is 2. The number of allylic oxidation sites excluding steroid dienone is 2. The van der Waals surface area contributed by atoms with Crippen LogP contribution >= 0.6 is 0 Å². The van der Waals surface area contributed by atoms with Gasteiger partial charge in [0.2, 0.25) is 11.9 Å². The first-order valence-electron chi connectivity index (χ1n) is 11.1. The highest BCUT2D eigenvalue weighted by atomic mass is 16.5. The second-order valence-corrected chi connectivity index (χ2v) is 8.71. The summed E-state index contributed by atoms with van der Waals surface area (Å²) in [5.74, 6) is -0.119. The number of esters is 1. The summed E-state index contributed by atoms with van der Waals surface area (Å²) in [5, 5.41) is 0. The molecule has 0 radical (unpaired) electrons. The molecule has 0 fully saturated rings. The van der Waals surface area contributed by atoms with E-state index in [1.54, 1.807) is 11.8 Å². The molecule has 1 amide bonds. The average Bonchev–Trinajstić information content (AvgIpc) is 3.12. The lowest BCUT2D eigenvalue weighted by Gasteiger charge is -2.41. The van der Waals surface area contributed by atoms with Gasteiger partial charge in [0.15, 0.2) is 5.92 Å². The highest BCUT2D eigenvalue weighted by Crippen LogP contribution is 2.44. The molecule has 0 N–H and O–H groups in total. The summed E-state index contributed by atoms with van der Waals surface area (Å²) in [6.45, 7) is 6.88. The number of nitrogens with zero attached hydrogens (tertiary/aromatic N) is 3. The second-order valence-electron chi connectivity index (χ2n) is 8.71. The maximum Gasteiger partial charge on any atom is 0.320 e. The van der Waals surface area contributed by atoms with Crippen LogP contribution in [-0.2, 0) is 14.3 Å². The number of hydrogen-bond donors (Lipinski definition) is 0. The molecule has 0 spiro atoms. The number of fused-ring (bicyclic) bond motifs is 3. The van der Waals surface area contributed by atoms with Crippen LogP contribution in [0.15, 0.2) is 36.4 Å². The van der Waals surface area contributed by atoms with Crippen LogP contribution in [0.5, 0.6) is 0 Å². The average molecular weight is 410 g/mol. The molecule has 4 rings (SSSR count). The Bertz CT molecular complexity index is 962. The highest BCUT2D eigenvalue weighted by molar-refractivity contribution is 6.08. The van der Waals surface area contributed by atoms with Gasteiger partial charge in [-0.15, -0.1) is 0 Å². The zero-order valence-corrected chi connectivity index (χ0v) is 18.1. The fourth-order valence-corrected chi connectivity index (χ4v) is 4.76. The van der Waals surface area contributed by atoms with Crippen molar-refractivity contribution in [1.29, 1.82) is 0 Å². The van der Waals surface area contributed by atoms with Crippen LogP contribution in [0.4, 0.5) is 5.95 Å². The summed E-state index contributed by atoms with van der Waals surface area (Å²) in [6, 6.07) is 7.69. The fraction of sp³-hybridized carbons (Fsp3) is 0.542. The van der Waals surface area contributed by atoms with E-state index in [0.29, 0.717) is 18.4 Å². The number of aromatic nitrogens is 2. The van der Waals surface area contributed by atoms with Gasteiger partial charge in [-0.25, -0.2) is 4.98 Å². The molecular formula is C24H31N3O3. The van der Waals surface area contributed by atoms with Gasteiger partial charge < -0.3 is 9.30 Å². The lowest BCUT2D eigenvalue weighted by Crippen LogP contribution is -2.52. The van der Waals surface area contributed by atoms with E-state index < -0.39 is 11.9 Å². The highest BCUT2D eigenvalue weighted by Gasteiger charge is 2.49. The third-order valence-corrected chi connectivity index (χ3v) is 6.25. The normalized spacial score (nSPS) is 23.8. The third-order valence-electron chi connectivity index (χ3n) is 6.25. The van der Waals surface area contributed by atoms with Crippen LogP contribution in [0.1, 0.15) is 52.5 Å². The van der Waals surface area contributed by atoms with Crippen LogP contribution in [0.25, 0.3) is 11.0 Å². The number of ether oxygens (including phenoxy) is 1. The first-order valence-corrected chi connectivity index (χ1v) is 11.1. The van der Waals surface area contributed by atoms with Crippen molar-refractivity contribution in [3.05, 3.63) is 36.4 Å². The van der Waals surface area contributed by atoms with E-state index in [4.69, 9.17) is 9.72 Å². The minimum atomic E-state index is -0.835. The number of rotatable bonds is 6. The smallest absolute Gasteiger partial charge is 0.320 e. The Hall–Kier alpha value is -2.63. The van der Waals surface area contributed by atoms with E-state index in [0.717, 1.165) is 36.7 Å². The van der Waals surface area contributed by atoms with Crippen molar-refractivity contribution < 1.29 is 14.3 Å². The van der Waals surface area contributed by atoms with Crippen LogP contribution in [-0.4, -0.2) is 34.6 Å². The van der Waals surface area contributed by atoms with E-state index in [1.807, 2.05) is 24.3 Å². The van der Waals surface area contributed by atoms with E-state index in [-0.39, 0.29) is 24.5 Å². The lowest BCUT2D eigenvalue weighted by molar-refractivity contribution is -0.155. The van der Waals surface area contributed by atoms with Crippen molar-refractivity contribution in [1.82, 2.24) is 9.55 Å². The first kappa shape index (κ1) is 20.6. The van der Waals surface area contributed by atoms with Crippen LogP contribution in [0.3, 0.4) is 0 Å². The number of carbonyl (C=O) groups excluding carboxylic acids is 2. The van der Waals surface area contributed by atoms with Crippen molar-refractivity contribution in [3.63, 3.8) is 0 Å². The molecule has 1 aliphatic carbocycles. The lowest BCUT2D eigenvalue weighted by atomic mass is 9.79. The van der Waals surface area contributed by atoms with Gasteiger partial charge in [-0.3, -0.25) is 14.5 Å². The molecule has 1 aliphatic heterocycles. The Morgan fingerprint density at radius 2 is 2.07 bits per heavy atom. The standard InChI is InChI=1S/C24H31N3O3/c1-4-30-23(29)20-21(17-10-6-5-7-11-17)27-19-13-9-8-12-18(19)25-24(27)26(22(20)28)15-14-16(2)3/h5-6,8-9,12-13,16-17,20-21H,4,7,10-11,14-15H2,1-3H3/t17-,20+,21+/m1/s1. The molecule has 1 aromatic carbocycles. The summed E-state index contributed by atoms with van der Waals surface area (Å²) >= 11 is 0. The molecule has 0 bridgehead atoms. The number of anilines is 1. The molecule has 30 heavy (non-hydrogen) atoms. The van der Waals surface area contributed by atoms with Gasteiger partial charge in [0.1, 0.15) is 0 Å². The van der Waals surface area contributed by atoms with E-state index in [1.165, 1.54) is 0 Å². The zero-order valence-electron chi connectivity index (χ0n) is 18.1. The van der Waals surface area contributed by atoms with Crippen LogP contribution in [0, 0.1) is 17.8 Å². The summed E-state index contributed by atoms with van der Waals surface area (Å²) in [5.41, 5.74) is 1.83. The third kappa shape index (κ3) is 3.64. The molecule has 6 nitrogen and oxygen atoms in total. The predicted molar refractivity (Wildman–Crippen MR) is 117 cm³/mol. The van der Waals surface area contributed by atoms with Gasteiger partial charge >= 0.3 is 5.97 Å². The van der Waals surface area contributed by atoms with Crippen molar-refractivity contribution in [3.8, 4) is 0 Å². The van der Waals surface area contributed by atoms with Gasteiger partial charge in [0.25, 0.3) is 0 Å². The van der Waals surface area contributed by atoms with E-state index in [9.17, 15) is 9.59 Å². The van der Waals surface area contributed by atoms with Crippen LogP contribution in [0.2, 0.25) is 0 Å². The minimum absolute atomic E-state index is 0.170. The molecular weight excluding hydrogens is 378 g/mol. The minimum Gasteiger partial charge on any atom is -0.465 e. The quantitative estimate of drug-likeness (QED) is 0.400. The Morgan fingerprint density at radius 1 is 1.27 bits per heavy atom. The maximum atomic E-state index is 13.7. The van der Waals surface area contributed by atoms with Crippen molar-refractivity contribution in [2.24, 2.45) is 17.8 Å². The van der Waals surface area contributed by atoms with Crippen molar-refractivity contribution in [2.45, 2.75) is 52.5 Å². The second kappa shape index (κ2) is 8.62. The summed E-state index contributed by atoms with van der Waals surface area (Å²) < 4.78 is 7.57. The number of carbonyl (C=O) groups is 2. The van der Waals surface area contributed by atoms with Gasteiger partial charge in [-0.1, -0.05) is 38.1 Å². The predicted octanol–water partition coefficient (Wildman–Crippen LogP) is 4.51. The molecule has 0 unspecified atom stereocenters. The summed E-state index contributed by atoms with van der Waals surface area (Å²) in [4.78, 5) is 33.4. The van der Waals surface area contributed by atoms with Gasteiger partial charge in [-0.2, -0.15) is 0 Å². The number of benzene rings is 1. The Morgan fingerprint density at radius 3 is 2.77 bits per heavy atom. The number of imidazole rings is 1. The largest absolute Gasteiger partial charge is 0.465 e. The van der Waals surface area contributed by atoms with Gasteiger partial charge in [0, 0.05) is 6.54 Å². The Kier molecular flexibility index (Phi) is 5.93. The van der Waals surface area contributed by atoms with Crippen molar-refractivity contribution >= 4 is 28.9 Å². The van der Waals surface area contributed by atoms with Crippen LogP contribution < -0.4 is 4.90 Å². The molecule has 2 aliphatic rings. The maximum absolute atomic E-state index is 13.7. The molecule has 2 heterocycles. The summed E-state index contributed by atoms with van der Waals surface area (Å²) in [7, 11) is 0. The monoisotopic (exact) mass is 409 g/mol. The molecule has 1 aromatic heterocycles. The molecule has 6 heteroatoms. The molecule has 2 aromatic rings. The molecule has 0 saturated heterocycles. The fourth-order valence-electron chi connectivity index (χ4n) is 4.76. The molecule has 160 valence electrons. The van der Waals surface area contributed by atoms with E-state index >= 15 is 0 Å². The molecule has 0 saturated carbocycles. The zero-order chi connectivity index (χ0) is 21.3. The number of amides is 1. The number of hydrogen-bond acceptors (Lipinski definition) is 4. The topological polar surface area (TPSA) is 64.4 Å². The summed E-state index contributed by atoms with van der Waals surface area (Å²) in [6.07, 6.45) is 7.96. The van der Waals surface area contributed by atoms with E-state index in [2.05, 4.69) is 30.6 Å². The van der Waals surface area contributed by atoms with Gasteiger partial charge in [-0.05, 0) is 56.6 Å². The Labute approximate surface area is 177 Å². The Balaban J connectivity index is 1.89. The SMILES string of the molecule is CCOC(=O)[C@@H]1C(=O)N(CCC(C)C)c2nc3ccccc3n2[C@H]1[C@@H]1CC=CCC1. The molecule has 3 atom stereocenters. The van der Waals surface area contributed by atoms with Crippen molar-refractivity contribution in [2.75, 3.05) is 18.1 Å². The van der Waals surface area contributed by atoms with Gasteiger partial charge in [0.05, 0.1) is 23.7 Å².